The molecule has 0 aromatic heterocycles. The number of nitrogens with one attached hydrogen (secondary N) is 1. The highest BCUT2D eigenvalue weighted by atomic mass is 32.2. The van der Waals surface area contributed by atoms with Crippen LogP contribution in [0.5, 0.6) is 0 Å². The molecular formula is C10H18N2O3S. The fourth-order valence-corrected chi connectivity index (χ4v) is 1.33. The van der Waals surface area contributed by atoms with Crippen molar-refractivity contribution < 1.29 is 13.2 Å². The zero-order chi connectivity index (χ0) is 12.8. The van der Waals surface area contributed by atoms with E-state index in [9.17, 15) is 13.2 Å². The minimum Gasteiger partial charge on any atom is -0.385 e. The summed E-state index contributed by atoms with van der Waals surface area (Å²) in [5, 5.41) is 7.57. The number of Topliss-reactive ketones (excluding diaryl/α,β-unsaturated/α-hetero) is 1. The molecule has 0 atom stereocenters. The molecule has 0 aromatic rings. The van der Waals surface area contributed by atoms with E-state index in [1.54, 1.807) is 20.9 Å². The van der Waals surface area contributed by atoms with Crippen LogP contribution in [0.1, 0.15) is 13.8 Å². The van der Waals surface area contributed by atoms with Gasteiger partial charge in [-0.1, -0.05) is 26.0 Å². The molecule has 3 N–H and O–H groups in total. The van der Waals surface area contributed by atoms with Crippen molar-refractivity contribution in [2.45, 2.75) is 13.8 Å². The van der Waals surface area contributed by atoms with Gasteiger partial charge in [0.1, 0.15) is 0 Å². The second-order valence-corrected chi connectivity index (χ2v) is 5.27. The van der Waals surface area contributed by atoms with Crippen molar-refractivity contribution in [2.75, 3.05) is 12.8 Å². The van der Waals surface area contributed by atoms with Crippen molar-refractivity contribution in [1.29, 1.82) is 0 Å². The number of hydrogen-bond donors (Lipinski definition) is 2. The summed E-state index contributed by atoms with van der Waals surface area (Å²) >= 11 is 0. The van der Waals surface area contributed by atoms with E-state index < -0.39 is 10.0 Å². The summed E-state index contributed by atoms with van der Waals surface area (Å²) in [6, 6.07) is 0. The lowest BCUT2D eigenvalue weighted by Gasteiger charge is -2.07. The van der Waals surface area contributed by atoms with E-state index in [-0.39, 0.29) is 17.5 Å². The van der Waals surface area contributed by atoms with Crippen LogP contribution >= 0.6 is 0 Å². The van der Waals surface area contributed by atoms with Crippen LogP contribution in [-0.2, 0) is 14.8 Å². The molecule has 0 radical (unpaired) electrons. The lowest BCUT2D eigenvalue weighted by Crippen LogP contribution is -2.20. The van der Waals surface area contributed by atoms with Crippen LogP contribution in [0.15, 0.2) is 23.9 Å². The van der Waals surface area contributed by atoms with Gasteiger partial charge in [0.2, 0.25) is 10.0 Å². The third kappa shape index (κ3) is 6.36. The molecule has 16 heavy (non-hydrogen) atoms. The first-order valence-corrected chi connectivity index (χ1v) is 6.58. The van der Waals surface area contributed by atoms with Gasteiger partial charge >= 0.3 is 0 Å². The molecule has 0 saturated carbocycles. The predicted molar refractivity (Wildman–Crippen MR) is 64.1 cm³/mol. The number of nitrogens with two attached hydrogens (primary N) is 1. The third-order valence-corrected chi connectivity index (χ3v) is 2.44. The Labute approximate surface area is 96.5 Å². The number of carbonyl (C=O) groups is 1. The highest BCUT2D eigenvalue weighted by molar-refractivity contribution is 7.89. The zero-order valence-corrected chi connectivity index (χ0v) is 10.5. The van der Waals surface area contributed by atoms with Gasteiger partial charge in [0.15, 0.2) is 5.78 Å². The maximum absolute atomic E-state index is 11.6. The largest absolute Gasteiger partial charge is 0.385 e. The number of sulfonamides is 1. The summed E-state index contributed by atoms with van der Waals surface area (Å²) in [6.45, 7) is 3.59. The lowest BCUT2D eigenvalue weighted by atomic mass is 10.1. The maximum atomic E-state index is 11.6. The molecule has 0 saturated heterocycles. The molecule has 5 nitrogen and oxygen atoms in total. The summed E-state index contributed by atoms with van der Waals surface area (Å²) in [4.78, 5) is 11.6. The van der Waals surface area contributed by atoms with Crippen LogP contribution in [0.3, 0.4) is 0 Å². The Morgan fingerprint density at radius 1 is 1.44 bits per heavy atom. The minimum atomic E-state index is -3.49. The zero-order valence-electron chi connectivity index (χ0n) is 9.73. The fourth-order valence-electron chi connectivity index (χ4n) is 0.954. The summed E-state index contributed by atoms with van der Waals surface area (Å²) < 4.78 is 21.2. The monoisotopic (exact) mass is 246 g/mol. The second kappa shape index (κ2) is 6.44. The predicted octanol–water partition coefficient (Wildman–Crippen LogP) is 0.160. The van der Waals surface area contributed by atoms with E-state index in [1.165, 1.54) is 18.2 Å². The van der Waals surface area contributed by atoms with E-state index in [4.69, 9.17) is 5.14 Å². The highest BCUT2D eigenvalue weighted by Crippen LogP contribution is 2.02. The van der Waals surface area contributed by atoms with E-state index in [2.05, 4.69) is 5.32 Å². The average Bonchev–Trinajstić information content (AvgIpc) is 2.15. The first-order chi connectivity index (χ1) is 7.28. The Balaban J connectivity index is 4.56. The first kappa shape index (κ1) is 14.9. The Kier molecular flexibility index (Phi) is 5.98. The van der Waals surface area contributed by atoms with Gasteiger partial charge < -0.3 is 5.32 Å². The van der Waals surface area contributed by atoms with Crippen LogP contribution < -0.4 is 10.5 Å². The lowest BCUT2D eigenvalue weighted by molar-refractivity contribution is -0.118. The van der Waals surface area contributed by atoms with Crippen molar-refractivity contribution in [1.82, 2.24) is 5.32 Å². The van der Waals surface area contributed by atoms with Crippen LogP contribution in [0.2, 0.25) is 0 Å². The molecule has 0 aliphatic rings. The Morgan fingerprint density at radius 3 is 2.38 bits per heavy atom. The summed E-state index contributed by atoms with van der Waals surface area (Å²) in [5.74, 6) is -0.371. The van der Waals surface area contributed by atoms with E-state index in [0.29, 0.717) is 5.70 Å². The maximum Gasteiger partial charge on any atom is 0.212 e. The standard InChI is InChI=1S/C10H18N2O3S/c1-8(2)10(13)9(12-3)6-4-5-7-16(11,14)15/h4-6,8,12H,7H2,1-3H3,(H2,11,14,15)/b5-4+,9-6-. The Morgan fingerprint density at radius 2 is 2.00 bits per heavy atom. The van der Waals surface area contributed by atoms with Crippen LogP contribution in [0, 0.1) is 5.92 Å². The smallest absolute Gasteiger partial charge is 0.212 e. The number of carbonyl (C=O) groups excluding carboxylic acids is 1. The molecule has 92 valence electrons. The van der Waals surface area contributed by atoms with Crippen LogP contribution in [0.4, 0.5) is 0 Å². The SMILES string of the molecule is CN/C(=C\C=C\CS(N)(=O)=O)C(=O)C(C)C. The molecule has 0 aromatic carbocycles. The number of hydrogen-bond acceptors (Lipinski definition) is 4. The molecule has 0 rings (SSSR count). The van der Waals surface area contributed by atoms with Gasteiger partial charge in [-0.2, -0.15) is 0 Å². The number of likely N-dealkylation sites (N-methyl/N-ethyl adjacent to an activating group) is 1. The number of primary sulfonamides is 1. The average molecular weight is 246 g/mol. The summed E-state index contributed by atoms with van der Waals surface area (Å²) in [7, 11) is -1.85. The van der Waals surface area contributed by atoms with Gasteiger partial charge in [-0.05, 0) is 6.08 Å². The van der Waals surface area contributed by atoms with E-state index in [0.717, 1.165) is 0 Å². The number of rotatable bonds is 6. The molecule has 0 fully saturated rings. The minimum absolute atomic E-state index is 0.0252. The molecule has 0 spiro atoms. The number of allylic oxidation sites excluding steroid dienone is 3. The van der Waals surface area contributed by atoms with Crippen molar-refractivity contribution >= 4 is 15.8 Å². The van der Waals surface area contributed by atoms with Gasteiger partial charge in [0.05, 0.1) is 11.4 Å². The highest BCUT2D eigenvalue weighted by Gasteiger charge is 2.10. The Hall–Kier alpha value is -1.14. The van der Waals surface area contributed by atoms with Crippen LogP contribution in [0.25, 0.3) is 0 Å². The van der Waals surface area contributed by atoms with Crippen molar-refractivity contribution in [3.63, 3.8) is 0 Å². The molecular weight excluding hydrogens is 228 g/mol. The summed E-state index contributed by atoms with van der Waals surface area (Å²) in [5.41, 5.74) is 0.445. The van der Waals surface area contributed by atoms with Crippen molar-refractivity contribution in [2.24, 2.45) is 11.1 Å². The molecule has 6 heteroatoms. The van der Waals surface area contributed by atoms with Gasteiger partial charge in [-0.3, -0.25) is 4.79 Å². The van der Waals surface area contributed by atoms with E-state index in [1.807, 2.05) is 0 Å². The molecule has 0 heterocycles. The summed E-state index contributed by atoms with van der Waals surface area (Å²) in [6.07, 6.45) is 4.42. The van der Waals surface area contributed by atoms with Gasteiger partial charge in [-0.15, -0.1) is 0 Å². The van der Waals surface area contributed by atoms with Gasteiger partial charge in [0, 0.05) is 13.0 Å². The van der Waals surface area contributed by atoms with Gasteiger partial charge in [-0.25, -0.2) is 13.6 Å². The second-order valence-electron chi connectivity index (χ2n) is 3.61. The van der Waals surface area contributed by atoms with Crippen molar-refractivity contribution in [3.8, 4) is 0 Å². The molecule has 0 amide bonds. The molecule has 0 aliphatic carbocycles. The van der Waals surface area contributed by atoms with Gasteiger partial charge in [0.25, 0.3) is 0 Å². The Bertz CT molecular complexity index is 394. The fraction of sp³-hybridized carbons (Fsp3) is 0.500. The van der Waals surface area contributed by atoms with Crippen LogP contribution in [-0.4, -0.2) is 27.0 Å². The third-order valence-electron chi connectivity index (χ3n) is 1.79. The number of ketones is 1. The van der Waals surface area contributed by atoms with Crippen molar-refractivity contribution in [3.05, 3.63) is 23.9 Å². The topological polar surface area (TPSA) is 89.3 Å². The molecule has 0 bridgehead atoms. The van der Waals surface area contributed by atoms with E-state index >= 15 is 0 Å². The normalized spacial score (nSPS) is 13.4. The first-order valence-electron chi connectivity index (χ1n) is 4.87. The molecule has 0 aliphatic heterocycles. The quantitative estimate of drug-likeness (QED) is 0.516. The molecule has 0 unspecified atom stereocenters.